The molecule has 8 heteroatoms. The molecule has 3 aliphatic heterocycles. The molecule has 176 valence electrons. The van der Waals surface area contributed by atoms with Crippen molar-refractivity contribution in [2.75, 3.05) is 20.2 Å². The third-order valence-corrected chi connectivity index (χ3v) is 7.12. The van der Waals surface area contributed by atoms with Gasteiger partial charge in [0.2, 0.25) is 5.91 Å². The second kappa shape index (κ2) is 9.35. The van der Waals surface area contributed by atoms with Crippen LogP contribution in [0, 0.1) is 13.8 Å². The number of amidine groups is 1. The molecule has 0 radical (unpaired) electrons. The van der Waals surface area contributed by atoms with Gasteiger partial charge in [-0.3, -0.25) is 4.79 Å². The Hall–Kier alpha value is -2.58. The highest BCUT2D eigenvalue weighted by Gasteiger charge is 2.42. The molecular weight excluding hydrogens is 438 g/mol. The molecule has 0 bridgehead atoms. The van der Waals surface area contributed by atoms with Gasteiger partial charge < -0.3 is 19.3 Å². The van der Waals surface area contributed by atoms with Crippen molar-refractivity contribution in [2.45, 2.75) is 59.3 Å². The van der Waals surface area contributed by atoms with Crippen LogP contribution in [0.4, 0.5) is 0 Å². The van der Waals surface area contributed by atoms with E-state index in [1.54, 1.807) is 0 Å². The first-order valence-corrected chi connectivity index (χ1v) is 12.1. The van der Waals surface area contributed by atoms with Gasteiger partial charge in [0, 0.05) is 18.8 Å². The highest BCUT2D eigenvalue weighted by atomic mass is 32.2. The Morgan fingerprint density at radius 2 is 1.88 bits per heavy atom. The molecule has 33 heavy (non-hydrogen) atoms. The van der Waals surface area contributed by atoms with Gasteiger partial charge in [0.15, 0.2) is 5.17 Å². The second-order valence-electron chi connectivity index (χ2n) is 8.98. The molecule has 0 aromatic heterocycles. The number of aliphatic imine (C=N–C) groups is 1. The van der Waals surface area contributed by atoms with Crippen LogP contribution in [0.1, 0.15) is 49.9 Å². The molecule has 3 atom stereocenters. The molecule has 3 aliphatic rings. The molecule has 1 aromatic carbocycles. The standard InChI is InChI=1S/C25H31N3O4S/c1-14-7-8-20(15(2)9-14)23-22(24(30)31-6)18(5)26-25-28(23)19(13-33-25)10-21(29)27-11-16(3)32-17(4)12-27/h7-9,13,16-17,23H,10-12H2,1-6H3/t16-,17+,23-/m0/s1. The molecule has 1 aromatic rings. The number of hydrogen-bond acceptors (Lipinski definition) is 7. The van der Waals surface area contributed by atoms with Crippen LogP contribution in [0.5, 0.6) is 0 Å². The summed E-state index contributed by atoms with van der Waals surface area (Å²) in [6, 6.07) is 5.82. The summed E-state index contributed by atoms with van der Waals surface area (Å²) in [7, 11) is 1.39. The van der Waals surface area contributed by atoms with Gasteiger partial charge in [0.25, 0.3) is 0 Å². The summed E-state index contributed by atoms with van der Waals surface area (Å²) in [5.74, 6) is -0.353. The van der Waals surface area contributed by atoms with Crippen molar-refractivity contribution in [3.63, 3.8) is 0 Å². The monoisotopic (exact) mass is 469 g/mol. The lowest BCUT2D eigenvalue weighted by atomic mass is 9.90. The Kier molecular flexibility index (Phi) is 6.68. The third-order valence-electron chi connectivity index (χ3n) is 6.23. The van der Waals surface area contributed by atoms with Crippen LogP contribution >= 0.6 is 11.8 Å². The number of fused-ring (bicyclic) bond motifs is 1. The molecule has 1 amide bonds. The van der Waals surface area contributed by atoms with E-state index in [1.165, 1.54) is 18.9 Å². The molecule has 0 aliphatic carbocycles. The Balaban J connectivity index is 1.70. The van der Waals surface area contributed by atoms with E-state index in [2.05, 4.69) is 12.1 Å². The zero-order valence-electron chi connectivity index (χ0n) is 20.0. The Morgan fingerprint density at radius 3 is 2.52 bits per heavy atom. The maximum atomic E-state index is 13.3. The normalized spacial score (nSPS) is 25.0. The topological polar surface area (TPSA) is 71.4 Å². The number of carbonyl (C=O) groups excluding carboxylic acids is 2. The molecule has 0 saturated carbocycles. The largest absolute Gasteiger partial charge is 0.466 e. The summed E-state index contributed by atoms with van der Waals surface area (Å²) in [4.78, 5) is 34.8. The number of nitrogens with zero attached hydrogens (tertiary/aromatic N) is 3. The molecule has 0 spiro atoms. The van der Waals surface area contributed by atoms with Gasteiger partial charge in [-0.05, 0) is 51.2 Å². The van der Waals surface area contributed by atoms with Crippen LogP contribution in [0.15, 0.2) is 45.6 Å². The lowest BCUT2D eigenvalue weighted by molar-refractivity contribution is -0.142. The quantitative estimate of drug-likeness (QED) is 0.619. The Labute approximate surface area is 199 Å². The van der Waals surface area contributed by atoms with Gasteiger partial charge in [-0.1, -0.05) is 35.5 Å². The number of allylic oxidation sites excluding steroid dienone is 1. The van der Waals surface area contributed by atoms with E-state index in [1.807, 2.05) is 55.9 Å². The first-order chi connectivity index (χ1) is 15.7. The maximum Gasteiger partial charge on any atom is 0.338 e. The molecular formula is C25H31N3O4S. The first-order valence-electron chi connectivity index (χ1n) is 11.2. The lowest BCUT2D eigenvalue weighted by Gasteiger charge is -2.38. The minimum absolute atomic E-state index is 0.0104. The zero-order chi connectivity index (χ0) is 23.9. The highest BCUT2D eigenvalue weighted by Crippen LogP contribution is 2.45. The average Bonchev–Trinajstić information content (AvgIpc) is 3.13. The fraction of sp³-hybridized carbons (Fsp3) is 0.480. The van der Waals surface area contributed by atoms with Crippen molar-refractivity contribution < 1.29 is 19.1 Å². The number of amides is 1. The van der Waals surface area contributed by atoms with E-state index >= 15 is 0 Å². The molecule has 3 heterocycles. The van der Waals surface area contributed by atoms with Gasteiger partial charge in [-0.25, -0.2) is 9.79 Å². The summed E-state index contributed by atoms with van der Waals surface area (Å²) in [6.45, 7) is 11.1. The van der Waals surface area contributed by atoms with E-state index in [-0.39, 0.29) is 24.5 Å². The Bertz CT molecular complexity index is 1070. The highest BCUT2D eigenvalue weighted by molar-refractivity contribution is 8.16. The summed E-state index contributed by atoms with van der Waals surface area (Å²) >= 11 is 1.49. The number of hydrogen-bond donors (Lipinski definition) is 0. The molecule has 0 unspecified atom stereocenters. The fourth-order valence-corrected chi connectivity index (χ4v) is 5.78. The number of esters is 1. The van der Waals surface area contributed by atoms with Crippen LogP contribution in [-0.4, -0.2) is 59.3 Å². The predicted molar refractivity (Wildman–Crippen MR) is 130 cm³/mol. The molecule has 1 saturated heterocycles. The number of thioether (sulfide) groups is 1. The van der Waals surface area contributed by atoms with Gasteiger partial charge in [0.1, 0.15) is 0 Å². The maximum absolute atomic E-state index is 13.3. The van der Waals surface area contributed by atoms with Gasteiger partial charge in [-0.15, -0.1) is 0 Å². The van der Waals surface area contributed by atoms with Crippen LogP contribution in [0.2, 0.25) is 0 Å². The number of rotatable bonds is 4. The minimum atomic E-state index is -0.404. The smallest absolute Gasteiger partial charge is 0.338 e. The van der Waals surface area contributed by atoms with Crippen molar-refractivity contribution in [1.29, 1.82) is 0 Å². The SMILES string of the molecule is COC(=O)C1=C(C)N=C2SC=C(CC(=O)N3C[C@@H](C)O[C@@H](C)C3)N2[C@H]1c1ccc(C)cc1C. The number of benzene rings is 1. The summed E-state index contributed by atoms with van der Waals surface area (Å²) in [6.07, 6.45) is 0.257. The fourth-order valence-electron chi connectivity index (χ4n) is 4.82. The van der Waals surface area contributed by atoms with Crippen molar-refractivity contribution in [2.24, 2.45) is 4.99 Å². The van der Waals surface area contributed by atoms with Crippen molar-refractivity contribution in [1.82, 2.24) is 9.80 Å². The number of methoxy groups -OCH3 is 1. The van der Waals surface area contributed by atoms with Crippen LogP contribution < -0.4 is 0 Å². The van der Waals surface area contributed by atoms with Gasteiger partial charge in [0.05, 0.1) is 43.1 Å². The second-order valence-corrected chi connectivity index (χ2v) is 9.81. The Morgan fingerprint density at radius 1 is 1.18 bits per heavy atom. The minimum Gasteiger partial charge on any atom is -0.466 e. The van der Waals surface area contributed by atoms with E-state index < -0.39 is 12.0 Å². The summed E-state index contributed by atoms with van der Waals surface area (Å²) in [5.41, 5.74) is 5.22. The lowest BCUT2D eigenvalue weighted by Crippen LogP contribution is -2.48. The number of aryl methyl sites for hydroxylation is 2. The third kappa shape index (κ3) is 4.59. The molecule has 0 N–H and O–H groups in total. The van der Waals surface area contributed by atoms with E-state index in [9.17, 15) is 9.59 Å². The van der Waals surface area contributed by atoms with Crippen LogP contribution in [0.25, 0.3) is 0 Å². The van der Waals surface area contributed by atoms with Gasteiger partial charge in [-0.2, -0.15) is 0 Å². The number of morpholine rings is 1. The van der Waals surface area contributed by atoms with Crippen molar-refractivity contribution >= 4 is 28.8 Å². The van der Waals surface area contributed by atoms with E-state index in [0.717, 1.165) is 27.6 Å². The molecule has 7 nitrogen and oxygen atoms in total. The van der Waals surface area contributed by atoms with E-state index in [4.69, 9.17) is 14.5 Å². The van der Waals surface area contributed by atoms with Crippen molar-refractivity contribution in [3.8, 4) is 0 Å². The average molecular weight is 470 g/mol. The van der Waals surface area contributed by atoms with Gasteiger partial charge >= 0.3 is 5.97 Å². The first kappa shape index (κ1) is 23.6. The summed E-state index contributed by atoms with van der Waals surface area (Å²) in [5, 5.41) is 2.75. The molecule has 1 fully saturated rings. The van der Waals surface area contributed by atoms with Crippen LogP contribution in [-0.2, 0) is 19.1 Å². The molecule has 4 rings (SSSR count). The number of carbonyl (C=O) groups is 2. The number of ether oxygens (including phenoxy) is 2. The van der Waals surface area contributed by atoms with E-state index in [0.29, 0.717) is 24.4 Å². The predicted octanol–water partition coefficient (Wildman–Crippen LogP) is 4.08. The van der Waals surface area contributed by atoms with Crippen molar-refractivity contribution in [3.05, 3.63) is 57.3 Å². The summed E-state index contributed by atoms with van der Waals surface area (Å²) < 4.78 is 10.9. The van der Waals surface area contributed by atoms with Crippen LogP contribution in [0.3, 0.4) is 0 Å². The zero-order valence-corrected chi connectivity index (χ0v) is 20.9.